The smallest absolute Gasteiger partial charge is 0.243 e. The van der Waals surface area contributed by atoms with E-state index in [-0.39, 0.29) is 12.6 Å². The van der Waals surface area contributed by atoms with E-state index in [4.69, 9.17) is 10.8 Å². The highest BCUT2D eigenvalue weighted by Gasteiger charge is 2.33. The maximum atomic E-state index is 12.8. The van der Waals surface area contributed by atoms with Gasteiger partial charge < -0.3 is 10.8 Å². The van der Waals surface area contributed by atoms with Crippen LogP contribution in [0.5, 0.6) is 0 Å². The molecule has 0 radical (unpaired) electrons. The molecule has 0 aromatic heterocycles. The van der Waals surface area contributed by atoms with Crippen molar-refractivity contribution in [2.45, 2.75) is 43.5 Å². The number of nitrogens with two attached hydrogens (primary N) is 1. The lowest BCUT2D eigenvalue weighted by atomic mass is 10.0. The molecule has 1 atom stereocenters. The molecule has 1 aliphatic rings. The Morgan fingerprint density at radius 2 is 2.15 bits per heavy atom. The third-order valence-electron chi connectivity index (χ3n) is 3.82. The summed E-state index contributed by atoms with van der Waals surface area (Å²) in [4.78, 5) is 0.316. The lowest BCUT2D eigenvalue weighted by molar-refractivity contribution is 0.192. The van der Waals surface area contributed by atoms with Crippen molar-refractivity contribution in [3.63, 3.8) is 0 Å². The molecular weight excluding hydrogens is 276 g/mol. The molecule has 3 N–H and O–H groups in total. The normalized spacial score (nSPS) is 21.0. The first-order chi connectivity index (χ1) is 9.46. The van der Waals surface area contributed by atoms with Gasteiger partial charge in [0, 0.05) is 24.9 Å². The predicted molar refractivity (Wildman–Crippen MR) is 78.8 cm³/mol. The van der Waals surface area contributed by atoms with Crippen LogP contribution in [0.3, 0.4) is 0 Å². The zero-order chi connectivity index (χ0) is 14.8. The Balaban J connectivity index is 2.37. The maximum Gasteiger partial charge on any atom is 0.243 e. The molecule has 6 heteroatoms. The van der Waals surface area contributed by atoms with Gasteiger partial charge in [-0.05, 0) is 49.9 Å². The molecule has 20 heavy (non-hydrogen) atoms. The first-order valence-corrected chi connectivity index (χ1v) is 8.39. The highest BCUT2D eigenvalue weighted by molar-refractivity contribution is 7.89. The Labute approximate surface area is 120 Å². The number of rotatable bonds is 4. The number of nitrogen functional groups attached to an aromatic ring is 1. The van der Waals surface area contributed by atoms with Crippen LogP contribution in [0.4, 0.5) is 5.69 Å². The number of aliphatic hydroxyl groups is 1. The highest BCUT2D eigenvalue weighted by atomic mass is 32.2. The summed E-state index contributed by atoms with van der Waals surface area (Å²) in [5.41, 5.74) is 6.91. The second-order valence-electron chi connectivity index (χ2n) is 5.30. The molecule has 0 bridgehead atoms. The summed E-state index contributed by atoms with van der Waals surface area (Å²) >= 11 is 0. The van der Waals surface area contributed by atoms with Gasteiger partial charge in [-0.3, -0.25) is 0 Å². The Hall–Kier alpha value is -1.11. The van der Waals surface area contributed by atoms with E-state index in [1.807, 2.05) is 0 Å². The van der Waals surface area contributed by atoms with Gasteiger partial charge >= 0.3 is 0 Å². The number of aryl methyl sites for hydroxylation is 1. The van der Waals surface area contributed by atoms with E-state index in [0.29, 0.717) is 29.1 Å². The largest absolute Gasteiger partial charge is 0.399 e. The van der Waals surface area contributed by atoms with Crippen LogP contribution in [0.25, 0.3) is 0 Å². The van der Waals surface area contributed by atoms with Crippen molar-refractivity contribution >= 4 is 15.7 Å². The summed E-state index contributed by atoms with van der Waals surface area (Å²) in [6.07, 6.45) is 3.19. The van der Waals surface area contributed by atoms with Crippen LogP contribution in [0.2, 0.25) is 0 Å². The van der Waals surface area contributed by atoms with E-state index in [1.54, 1.807) is 29.4 Å². The second-order valence-corrected chi connectivity index (χ2v) is 7.16. The molecule has 0 aliphatic carbocycles. The van der Waals surface area contributed by atoms with Crippen LogP contribution in [-0.4, -0.2) is 37.0 Å². The standard InChI is InChI=1S/C14H22N2O3S/c1-11-10-12(15)5-6-14(11)20(18,19)16-8-3-2-4-13(16)7-9-17/h5-6,10,13,17H,2-4,7-9,15H2,1H3. The van der Waals surface area contributed by atoms with Gasteiger partial charge in [-0.15, -0.1) is 0 Å². The summed E-state index contributed by atoms with van der Waals surface area (Å²) in [6.45, 7) is 2.29. The average molecular weight is 298 g/mol. The Bertz CT molecular complexity index is 570. The third kappa shape index (κ3) is 2.97. The SMILES string of the molecule is Cc1cc(N)ccc1S(=O)(=O)N1CCCCC1CCO. The summed E-state index contributed by atoms with van der Waals surface area (Å²) in [6, 6.07) is 4.77. The molecule has 1 fully saturated rings. The molecule has 0 spiro atoms. The first kappa shape index (κ1) is 15.3. The van der Waals surface area contributed by atoms with Crippen LogP contribution >= 0.6 is 0 Å². The van der Waals surface area contributed by atoms with Crippen molar-refractivity contribution in [3.8, 4) is 0 Å². The zero-order valence-corrected chi connectivity index (χ0v) is 12.6. The fourth-order valence-electron chi connectivity index (χ4n) is 2.82. The molecule has 1 heterocycles. The minimum absolute atomic E-state index is 0.0113. The molecule has 1 saturated heterocycles. The van der Waals surface area contributed by atoms with Gasteiger partial charge in [0.2, 0.25) is 10.0 Å². The van der Waals surface area contributed by atoms with E-state index in [1.165, 1.54) is 0 Å². The number of hydrogen-bond acceptors (Lipinski definition) is 4. The van der Waals surface area contributed by atoms with Crippen molar-refractivity contribution in [2.24, 2.45) is 0 Å². The minimum atomic E-state index is -3.51. The summed E-state index contributed by atoms with van der Waals surface area (Å²) in [7, 11) is -3.51. The van der Waals surface area contributed by atoms with Gasteiger partial charge in [-0.2, -0.15) is 4.31 Å². The number of sulfonamides is 1. The molecule has 2 rings (SSSR count). The quantitative estimate of drug-likeness (QED) is 0.825. The van der Waals surface area contributed by atoms with Crippen molar-refractivity contribution in [3.05, 3.63) is 23.8 Å². The molecule has 5 nitrogen and oxygen atoms in total. The Kier molecular flexibility index (Phi) is 4.67. The van der Waals surface area contributed by atoms with Gasteiger partial charge in [0.25, 0.3) is 0 Å². The molecule has 1 aliphatic heterocycles. The van der Waals surface area contributed by atoms with E-state index in [9.17, 15) is 8.42 Å². The van der Waals surface area contributed by atoms with Crippen molar-refractivity contribution in [1.29, 1.82) is 0 Å². The van der Waals surface area contributed by atoms with E-state index in [0.717, 1.165) is 19.3 Å². The molecule has 1 aromatic rings. The number of benzene rings is 1. The Morgan fingerprint density at radius 1 is 1.40 bits per heavy atom. The van der Waals surface area contributed by atoms with Crippen LogP contribution in [0, 0.1) is 6.92 Å². The fourth-order valence-corrected chi connectivity index (χ4v) is 4.75. The highest BCUT2D eigenvalue weighted by Crippen LogP contribution is 2.29. The van der Waals surface area contributed by atoms with Gasteiger partial charge in [-0.25, -0.2) is 8.42 Å². The van der Waals surface area contributed by atoms with E-state index >= 15 is 0 Å². The molecule has 1 unspecified atom stereocenters. The summed E-state index contributed by atoms with van der Waals surface area (Å²) in [5, 5.41) is 9.13. The first-order valence-electron chi connectivity index (χ1n) is 6.95. The van der Waals surface area contributed by atoms with E-state index in [2.05, 4.69) is 0 Å². The number of hydrogen-bond donors (Lipinski definition) is 2. The van der Waals surface area contributed by atoms with Crippen LogP contribution in [-0.2, 0) is 10.0 Å². The monoisotopic (exact) mass is 298 g/mol. The molecule has 0 saturated carbocycles. The number of anilines is 1. The van der Waals surface area contributed by atoms with Crippen LogP contribution < -0.4 is 5.73 Å². The van der Waals surface area contributed by atoms with Crippen molar-refractivity contribution in [2.75, 3.05) is 18.9 Å². The van der Waals surface area contributed by atoms with Crippen LogP contribution in [0.15, 0.2) is 23.1 Å². The number of piperidine rings is 1. The van der Waals surface area contributed by atoms with Gasteiger partial charge in [0.1, 0.15) is 0 Å². The molecular formula is C14H22N2O3S. The van der Waals surface area contributed by atoms with Crippen molar-refractivity contribution in [1.82, 2.24) is 4.31 Å². The fraction of sp³-hybridized carbons (Fsp3) is 0.571. The maximum absolute atomic E-state index is 12.8. The zero-order valence-electron chi connectivity index (χ0n) is 11.7. The van der Waals surface area contributed by atoms with Gasteiger partial charge in [-0.1, -0.05) is 6.42 Å². The van der Waals surface area contributed by atoms with Crippen LogP contribution in [0.1, 0.15) is 31.2 Å². The lowest BCUT2D eigenvalue weighted by Crippen LogP contribution is -2.44. The topological polar surface area (TPSA) is 83.6 Å². The lowest BCUT2D eigenvalue weighted by Gasteiger charge is -2.34. The van der Waals surface area contributed by atoms with Gasteiger partial charge in [0.15, 0.2) is 0 Å². The number of aliphatic hydroxyl groups excluding tert-OH is 1. The molecule has 112 valence electrons. The third-order valence-corrected chi connectivity index (χ3v) is 5.93. The minimum Gasteiger partial charge on any atom is -0.399 e. The Morgan fingerprint density at radius 3 is 2.80 bits per heavy atom. The molecule has 1 aromatic carbocycles. The summed E-state index contributed by atoms with van der Waals surface area (Å²) in [5.74, 6) is 0. The molecule has 0 amide bonds. The summed E-state index contributed by atoms with van der Waals surface area (Å²) < 4.78 is 27.2. The predicted octanol–water partition coefficient (Wildman–Crippen LogP) is 1.50. The van der Waals surface area contributed by atoms with E-state index < -0.39 is 10.0 Å². The number of nitrogens with zero attached hydrogens (tertiary/aromatic N) is 1. The second kappa shape index (κ2) is 6.11. The van der Waals surface area contributed by atoms with Gasteiger partial charge in [0.05, 0.1) is 4.90 Å². The average Bonchev–Trinajstić information content (AvgIpc) is 2.39. The van der Waals surface area contributed by atoms with Crippen molar-refractivity contribution < 1.29 is 13.5 Å².